The van der Waals surface area contributed by atoms with Crippen LogP contribution in [-0.4, -0.2) is 40.9 Å². The Balaban J connectivity index is 2.05. The lowest BCUT2D eigenvalue weighted by Gasteiger charge is -2.25. The van der Waals surface area contributed by atoms with Crippen LogP contribution < -0.4 is 0 Å². The Morgan fingerprint density at radius 1 is 1.39 bits per heavy atom. The maximum absolute atomic E-state index is 13.5. The molecule has 0 amide bonds. The van der Waals surface area contributed by atoms with Crippen LogP contribution in [0.3, 0.4) is 0 Å². The van der Waals surface area contributed by atoms with Crippen LogP contribution in [0.4, 0.5) is 8.78 Å². The summed E-state index contributed by atoms with van der Waals surface area (Å²) in [6, 6.07) is 3.20. The zero-order valence-electron chi connectivity index (χ0n) is 10.0. The number of aliphatic hydroxyl groups excluding tert-OH is 2. The van der Waals surface area contributed by atoms with Gasteiger partial charge in [-0.15, -0.1) is 0 Å². The highest BCUT2D eigenvalue weighted by Crippen LogP contribution is 2.23. The van der Waals surface area contributed by atoms with Crippen molar-refractivity contribution < 1.29 is 19.0 Å². The van der Waals surface area contributed by atoms with E-state index in [0.29, 0.717) is 0 Å². The molecule has 1 aromatic carbocycles. The van der Waals surface area contributed by atoms with Crippen LogP contribution in [0.15, 0.2) is 18.2 Å². The molecule has 1 saturated heterocycles. The lowest BCUT2D eigenvalue weighted by Crippen LogP contribution is -2.35. The summed E-state index contributed by atoms with van der Waals surface area (Å²) in [5.41, 5.74) is 0.0972. The lowest BCUT2D eigenvalue weighted by molar-refractivity contribution is 0.0830. The van der Waals surface area contributed by atoms with Crippen molar-refractivity contribution in [2.45, 2.75) is 25.0 Å². The first kappa shape index (κ1) is 13.4. The molecule has 1 aliphatic heterocycles. The first-order chi connectivity index (χ1) is 8.61. The SMILES string of the molecule is OCC1CCCN1CC(O)c1ccc(F)cc1F. The van der Waals surface area contributed by atoms with Gasteiger partial charge in [0.25, 0.3) is 0 Å². The predicted octanol–water partition coefficient (Wildman–Crippen LogP) is 1.45. The van der Waals surface area contributed by atoms with Crippen molar-refractivity contribution >= 4 is 0 Å². The van der Waals surface area contributed by atoms with Crippen molar-refractivity contribution in [2.24, 2.45) is 0 Å². The van der Waals surface area contributed by atoms with Crippen LogP contribution >= 0.6 is 0 Å². The highest BCUT2D eigenvalue weighted by molar-refractivity contribution is 5.21. The van der Waals surface area contributed by atoms with Gasteiger partial charge in [0, 0.05) is 24.2 Å². The molecule has 0 aliphatic carbocycles. The van der Waals surface area contributed by atoms with E-state index in [1.165, 1.54) is 6.07 Å². The minimum atomic E-state index is -1.00. The summed E-state index contributed by atoms with van der Waals surface area (Å²) in [5, 5.41) is 19.1. The Hall–Kier alpha value is -1.04. The first-order valence-corrected chi connectivity index (χ1v) is 6.09. The smallest absolute Gasteiger partial charge is 0.131 e. The second-order valence-corrected chi connectivity index (χ2v) is 4.66. The number of hydrogen-bond acceptors (Lipinski definition) is 3. The van der Waals surface area contributed by atoms with Crippen LogP contribution in [-0.2, 0) is 0 Å². The molecule has 0 aromatic heterocycles. The number of benzene rings is 1. The van der Waals surface area contributed by atoms with Crippen molar-refractivity contribution in [1.29, 1.82) is 0 Å². The van der Waals surface area contributed by atoms with Crippen LogP contribution in [0.5, 0.6) is 0 Å². The van der Waals surface area contributed by atoms with Gasteiger partial charge in [0.1, 0.15) is 11.6 Å². The molecule has 2 atom stereocenters. The Labute approximate surface area is 105 Å². The normalized spacial score (nSPS) is 22.3. The van der Waals surface area contributed by atoms with E-state index in [4.69, 9.17) is 5.11 Å². The summed E-state index contributed by atoms with van der Waals surface area (Å²) < 4.78 is 26.3. The minimum Gasteiger partial charge on any atom is -0.395 e. The zero-order valence-corrected chi connectivity index (χ0v) is 10.0. The largest absolute Gasteiger partial charge is 0.395 e. The monoisotopic (exact) mass is 257 g/mol. The van der Waals surface area contributed by atoms with Crippen molar-refractivity contribution in [3.63, 3.8) is 0 Å². The molecule has 3 nitrogen and oxygen atoms in total. The number of hydrogen-bond donors (Lipinski definition) is 2. The summed E-state index contributed by atoms with van der Waals surface area (Å²) in [5.74, 6) is -1.39. The van der Waals surface area contributed by atoms with Crippen LogP contribution in [0, 0.1) is 11.6 Å². The molecular formula is C13H17F2NO2. The number of aliphatic hydroxyl groups is 2. The van der Waals surface area contributed by atoms with Gasteiger partial charge >= 0.3 is 0 Å². The highest BCUT2D eigenvalue weighted by atomic mass is 19.1. The number of halogens is 2. The van der Waals surface area contributed by atoms with Crippen molar-refractivity contribution in [3.05, 3.63) is 35.4 Å². The lowest BCUT2D eigenvalue weighted by atomic mass is 10.1. The zero-order chi connectivity index (χ0) is 13.1. The number of β-amino-alcohol motifs (C(OH)–C–C–N with tert-alkyl or cyclic N) is 1. The Morgan fingerprint density at radius 2 is 2.17 bits per heavy atom. The van der Waals surface area contributed by atoms with Gasteiger partial charge < -0.3 is 10.2 Å². The van der Waals surface area contributed by atoms with Gasteiger partial charge in [-0.1, -0.05) is 6.07 Å². The standard InChI is InChI=1S/C13H17F2NO2/c14-9-3-4-11(12(15)6-9)13(18)7-16-5-1-2-10(16)8-17/h3-4,6,10,13,17-18H,1-2,5,7-8H2. The second-order valence-electron chi connectivity index (χ2n) is 4.66. The number of rotatable bonds is 4. The van der Waals surface area contributed by atoms with Gasteiger partial charge in [0.2, 0.25) is 0 Å². The molecule has 0 bridgehead atoms. The summed E-state index contributed by atoms with van der Waals surface area (Å²) in [7, 11) is 0. The van der Waals surface area contributed by atoms with E-state index in [1.54, 1.807) is 0 Å². The number of nitrogens with zero attached hydrogens (tertiary/aromatic N) is 1. The maximum Gasteiger partial charge on any atom is 0.131 e. The molecule has 100 valence electrons. The quantitative estimate of drug-likeness (QED) is 0.858. The summed E-state index contributed by atoms with van der Waals surface area (Å²) >= 11 is 0. The van der Waals surface area contributed by atoms with Crippen LogP contribution in [0.1, 0.15) is 24.5 Å². The van der Waals surface area contributed by atoms with E-state index >= 15 is 0 Å². The minimum absolute atomic E-state index is 0.0307. The fraction of sp³-hybridized carbons (Fsp3) is 0.538. The average Bonchev–Trinajstić information content (AvgIpc) is 2.76. The fourth-order valence-electron chi connectivity index (χ4n) is 2.43. The molecule has 1 fully saturated rings. The van der Waals surface area contributed by atoms with Crippen molar-refractivity contribution in [1.82, 2.24) is 4.90 Å². The van der Waals surface area contributed by atoms with Gasteiger partial charge in [0.15, 0.2) is 0 Å². The highest BCUT2D eigenvalue weighted by Gasteiger charge is 2.26. The van der Waals surface area contributed by atoms with Gasteiger partial charge in [-0.2, -0.15) is 0 Å². The molecule has 0 radical (unpaired) electrons. The molecule has 1 aliphatic rings. The molecular weight excluding hydrogens is 240 g/mol. The molecule has 18 heavy (non-hydrogen) atoms. The molecule has 5 heteroatoms. The predicted molar refractivity (Wildman–Crippen MR) is 63.0 cm³/mol. The van der Waals surface area contributed by atoms with Gasteiger partial charge in [-0.3, -0.25) is 4.90 Å². The van der Waals surface area contributed by atoms with E-state index in [0.717, 1.165) is 31.5 Å². The Bertz CT molecular complexity index is 414. The Morgan fingerprint density at radius 3 is 2.83 bits per heavy atom. The third-order valence-electron chi connectivity index (χ3n) is 3.44. The number of likely N-dealkylation sites (tertiary alicyclic amines) is 1. The van der Waals surface area contributed by atoms with Crippen molar-refractivity contribution in [3.8, 4) is 0 Å². The van der Waals surface area contributed by atoms with E-state index < -0.39 is 17.7 Å². The topological polar surface area (TPSA) is 43.7 Å². The van der Waals surface area contributed by atoms with Gasteiger partial charge in [-0.05, 0) is 25.5 Å². The third kappa shape index (κ3) is 2.85. The second kappa shape index (κ2) is 5.73. The molecule has 1 aromatic rings. The average molecular weight is 257 g/mol. The van der Waals surface area contributed by atoms with E-state index in [-0.39, 0.29) is 24.8 Å². The van der Waals surface area contributed by atoms with Crippen LogP contribution in [0.25, 0.3) is 0 Å². The maximum atomic E-state index is 13.5. The molecule has 2 N–H and O–H groups in total. The van der Waals surface area contributed by atoms with Gasteiger partial charge in [-0.25, -0.2) is 8.78 Å². The summed E-state index contributed by atoms with van der Waals surface area (Å²) in [6.07, 6.45) is 0.844. The van der Waals surface area contributed by atoms with E-state index in [2.05, 4.69) is 0 Å². The fourth-order valence-corrected chi connectivity index (χ4v) is 2.43. The third-order valence-corrected chi connectivity index (χ3v) is 3.44. The molecule has 2 unspecified atom stereocenters. The Kier molecular flexibility index (Phi) is 4.27. The van der Waals surface area contributed by atoms with E-state index in [1.807, 2.05) is 4.90 Å². The molecule has 0 spiro atoms. The molecule has 0 saturated carbocycles. The van der Waals surface area contributed by atoms with Crippen LogP contribution in [0.2, 0.25) is 0 Å². The molecule has 1 heterocycles. The summed E-state index contributed by atoms with van der Waals surface area (Å²) in [6.45, 7) is 1.08. The van der Waals surface area contributed by atoms with Gasteiger partial charge in [0.05, 0.1) is 12.7 Å². The first-order valence-electron chi connectivity index (χ1n) is 6.09. The van der Waals surface area contributed by atoms with Crippen molar-refractivity contribution in [2.75, 3.05) is 19.7 Å². The molecule has 2 rings (SSSR count). The summed E-state index contributed by atoms with van der Waals surface area (Å²) in [4.78, 5) is 1.94. The van der Waals surface area contributed by atoms with E-state index in [9.17, 15) is 13.9 Å².